The predicted molar refractivity (Wildman–Crippen MR) is 75.2 cm³/mol. The molecule has 17 heavy (non-hydrogen) atoms. The molecule has 2 aliphatic carbocycles. The summed E-state index contributed by atoms with van der Waals surface area (Å²) in [7, 11) is 0. The van der Waals surface area contributed by atoms with Gasteiger partial charge in [0.15, 0.2) is 0 Å². The van der Waals surface area contributed by atoms with E-state index in [0.29, 0.717) is 0 Å². The third-order valence-electron chi connectivity index (χ3n) is 5.31. The van der Waals surface area contributed by atoms with Gasteiger partial charge in [0.05, 0.1) is 0 Å². The van der Waals surface area contributed by atoms with E-state index in [1.807, 2.05) is 0 Å². The van der Waals surface area contributed by atoms with E-state index in [1.165, 1.54) is 64.3 Å². The zero-order valence-electron chi connectivity index (χ0n) is 11.9. The van der Waals surface area contributed by atoms with Crippen molar-refractivity contribution in [2.45, 2.75) is 77.7 Å². The molecule has 0 spiro atoms. The lowest BCUT2D eigenvalue weighted by Crippen LogP contribution is -2.37. The highest BCUT2D eigenvalue weighted by atomic mass is 14.9. The maximum absolute atomic E-state index is 3.82. The molecule has 2 saturated carbocycles. The van der Waals surface area contributed by atoms with Gasteiger partial charge in [0.1, 0.15) is 0 Å². The van der Waals surface area contributed by atoms with Crippen LogP contribution in [0.5, 0.6) is 0 Å². The standard InChI is InChI=1S/C16H31N/c1-13-8-9-16(12-14(13)2)17-11-10-15-6-4-3-5-7-15/h13-17H,3-12H2,1-2H3. The van der Waals surface area contributed by atoms with Gasteiger partial charge in [0.2, 0.25) is 0 Å². The molecule has 2 fully saturated rings. The molecule has 2 aliphatic rings. The summed E-state index contributed by atoms with van der Waals surface area (Å²) >= 11 is 0. The Hall–Kier alpha value is -0.0400. The van der Waals surface area contributed by atoms with E-state index >= 15 is 0 Å². The van der Waals surface area contributed by atoms with Crippen LogP contribution in [-0.4, -0.2) is 12.6 Å². The fraction of sp³-hybridized carbons (Fsp3) is 1.00. The smallest absolute Gasteiger partial charge is 0.00698 e. The molecule has 1 N–H and O–H groups in total. The van der Waals surface area contributed by atoms with Crippen molar-refractivity contribution in [3.63, 3.8) is 0 Å². The minimum Gasteiger partial charge on any atom is -0.314 e. The van der Waals surface area contributed by atoms with Crippen LogP contribution in [0.4, 0.5) is 0 Å². The third-order valence-corrected chi connectivity index (χ3v) is 5.31. The van der Waals surface area contributed by atoms with Gasteiger partial charge < -0.3 is 5.32 Å². The largest absolute Gasteiger partial charge is 0.314 e. The lowest BCUT2D eigenvalue weighted by Gasteiger charge is -2.33. The van der Waals surface area contributed by atoms with Crippen molar-refractivity contribution in [1.82, 2.24) is 5.32 Å². The van der Waals surface area contributed by atoms with Gasteiger partial charge in [-0.25, -0.2) is 0 Å². The Labute approximate surface area is 108 Å². The summed E-state index contributed by atoms with van der Waals surface area (Å²) in [5.41, 5.74) is 0. The molecule has 0 aromatic rings. The van der Waals surface area contributed by atoms with Crippen LogP contribution >= 0.6 is 0 Å². The molecule has 0 saturated heterocycles. The average Bonchev–Trinajstić information content (AvgIpc) is 2.35. The van der Waals surface area contributed by atoms with Crippen molar-refractivity contribution in [3.8, 4) is 0 Å². The molecule has 0 aromatic heterocycles. The predicted octanol–water partition coefficient (Wildman–Crippen LogP) is 4.37. The normalized spacial score (nSPS) is 36.0. The molecule has 100 valence electrons. The third kappa shape index (κ3) is 4.28. The second-order valence-electron chi connectivity index (χ2n) is 6.71. The summed E-state index contributed by atoms with van der Waals surface area (Å²) in [6.45, 7) is 6.12. The first-order valence-electron chi connectivity index (χ1n) is 7.99. The SMILES string of the molecule is CC1CCC(NCCC2CCCCC2)CC1C. The Morgan fingerprint density at radius 1 is 0.882 bits per heavy atom. The quantitative estimate of drug-likeness (QED) is 0.765. The fourth-order valence-electron chi connectivity index (χ4n) is 3.70. The van der Waals surface area contributed by atoms with Crippen molar-refractivity contribution in [1.29, 1.82) is 0 Å². The van der Waals surface area contributed by atoms with E-state index in [4.69, 9.17) is 0 Å². The Morgan fingerprint density at radius 3 is 2.35 bits per heavy atom. The summed E-state index contributed by atoms with van der Waals surface area (Å²) in [5.74, 6) is 2.92. The van der Waals surface area contributed by atoms with Gasteiger partial charge in [0.25, 0.3) is 0 Å². The monoisotopic (exact) mass is 237 g/mol. The summed E-state index contributed by atoms with van der Waals surface area (Å²) in [5, 5.41) is 3.82. The summed E-state index contributed by atoms with van der Waals surface area (Å²) in [4.78, 5) is 0. The zero-order valence-corrected chi connectivity index (χ0v) is 11.9. The van der Waals surface area contributed by atoms with Crippen LogP contribution in [0.25, 0.3) is 0 Å². The first kappa shape index (κ1) is 13.4. The first-order valence-corrected chi connectivity index (χ1v) is 7.99. The second-order valence-corrected chi connectivity index (χ2v) is 6.71. The molecule has 2 rings (SSSR count). The van der Waals surface area contributed by atoms with E-state index in [2.05, 4.69) is 19.2 Å². The topological polar surface area (TPSA) is 12.0 Å². The van der Waals surface area contributed by atoms with Crippen molar-refractivity contribution < 1.29 is 0 Å². The van der Waals surface area contributed by atoms with Gasteiger partial charge in [-0.3, -0.25) is 0 Å². The Morgan fingerprint density at radius 2 is 1.65 bits per heavy atom. The zero-order chi connectivity index (χ0) is 12.1. The highest BCUT2D eigenvalue weighted by Gasteiger charge is 2.24. The van der Waals surface area contributed by atoms with Crippen LogP contribution in [0, 0.1) is 17.8 Å². The Bertz CT molecular complexity index is 208. The molecular weight excluding hydrogens is 206 g/mol. The minimum atomic E-state index is 0.824. The average molecular weight is 237 g/mol. The molecule has 0 heterocycles. The van der Waals surface area contributed by atoms with Crippen molar-refractivity contribution in [2.24, 2.45) is 17.8 Å². The minimum absolute atomic E-state index is 0.824. The number of nitrogens with one attached hydrogen (secondary N) is 1. The number of rotatable bonds is 4. The van der Waals surface area contributed by atoms with Crippen LogP contribution in [0.3, 0.4) is 0 Å². The summed E-state index contributed by atoms with van der Waals surface area (Å²) in [6, 6.07) is 0.824. The molecule has 0 aliphatic heterocycles. The van der Waals surface area contributed by atoms with Gasteiger partial charge in [-0.05, 0) is 50.0 Å². The van der Waals surface area contributed by atoms with E-state index in [9.17, 15) is 0 Å². The summed E-state index contributed by atoms with van der Waals surface area (Å²) < 4.78 is 0. The highest BCUT2D eigenvalue weighted by Crippen LogP contribution is 2.30. The van der Waals surface area contributed by atoms with Crippen molar-refractivity contribution >= 4 is 0 Å². The van der Waals surface area contributed by atoms with Crippen LogP contribution in [0.1, 0.15) is 71.6 Å². The first-order chi connectivity index (χ1) is 8.25. The van der Waals surface area contributed by atoms with Crippen molar-refractivity contribution in [2.75, 3.05) is 6.54 Å². The fourth-order valence-corrected chi connectivity index (χ4v) is 3.70. The molecule has 3 unspecified atom stereocenters. The molecule has 0 bridgehead atoms. The van der Waals surface area contributed by atoms with E-state index in [-0.39, 0.29) is 0 Å². The lowest BCUT2D eigenvalue weighted by molar-refractivity contribution is 0.221. The number of hydrogen-bond donors (Lipinski definition) is 1. The molecule has 1 nitrogen and oxygen atoms in total. The van der Waals surface area contributed by atoms with Crippen LogP contribution < -0.4 is 5.32 Å². The molecule has 0 aromatic carbocycles. The Balaban J connectivity index is 1.58. The van der Waals surface area contributed by atoms with E-state index < -0.39 is 0 Å². The lowest BCUT2D eigenvalue weighted by atomic mass is 9.79. The molecule has 3 atom stereocenters. The molecular formula is C16H31N. The Kier molecular flexibility index (Phi) is 5.34. The van der Waals surface area contributed by atoms with Gasteiger partial charge in [-0.15, -0.1) is 0 Å². The van der Waals surface area contributed by atoms with Gasteiger partial charge in [-0.2, -0.15) is 0 Å². The molecule has 0 radical (unpaired) electrons. The maximum atomic E-state index is 3.82. The molecule has 1 heteroatoms. The highest BCUT2D eigenvalue weighted by molar-refractivity contribution is 4.80. The van der Waals surface area contributed by atoms with Crippen molar-refractivity contribution in [3.05, 3.63) is 0 Å². The molecule has 0 amide bonds. The van der Waals surface area contributed by atoms with Crippen LogP contribution in [0.15, 0.2) is 0 Å². The van der Waals surface area contributed by atoms with E-state index in [0.717, 1.165) is 23.8 Å². The second kappa shape index (κ2) is 6.78. The van der Waals surface area contributed by atoms with E-state index in [1.54, 1.807) is 0 Å². The van der Waals surface area contributed by atoms with Gasteiger partial charge in [0, 0.05) is 6.04 Å². The van der Waals surface area contributed by atoms with Crippen LogP contribution in [0.2, 0.25) is 0 Å². The number of hydrogen-bond acceptors (Lipinski definition) is 1. The summed E-state index contributed by atoms with van der Waals surface area (Å²) in [6.07, 6.45) is 13.2. The van der Waals surface area contributed by atoms with Crippen LogP contribution in [-0.2, 0) is 0 Å². The van der Waals surface area contributed by atoms with Gasteiger partial charge in [-0.1, -0.05) is 46.0 Å². The van der Waals surface area contributed by atoms with Gasteiger partial charge >= 0.3 is 0 Å². The maximum Gasteiger partial charge on any atom is 0.00698 e.